The van der Waals surface area contributed by atoms with E-state index in [-0.39, 0.29) is 23.6 Å². The molecule has 7 nitrogen and oxygen atoms in total. The van der Waals surface area contributed by atoms with E-state index in [4.69, 9.17) is 9.47 Å². The highest BCUT2D eigenvalue weighted by atomic mass is 19.1. The molecule has 0 spiro atoms. The predicted octanol–water partition coefficient (Wildman–Crippen LogP) is 3.81. The number of carboxylic acids is 1. The van der Waals surface area contributed by atoms with E-state index in [1.807, 2.05) is 6.07 Å². The maximum atomic E-state index is 13.4. The highest BCUT2D eigenvalue weighted by Crippen LogP contribution is 2.43. The first kappa shape index (κ1) is 19.5. The second kappa shape index (κ2) is 7.55. The molecule has 8 heteroatoms. The third kappa shape index (κ3) is 3.26. The van der Waals surface area contributed by atoms with Crippen LogP contribution in [0.5, 0.6) is 11.5 Å². The van der Waals surface area contributed by atoms with Gasteiger partial charge in [-0.1, -0.05) is 6.07 Å². The van der Waals surface area contributed by atoms with Crippen molar-refractivity contribution in [1.29, 1.82) is 0 Å². The number of hydrogen-bond acceptors (Lipinski definition) is 4. The minimum absolute atomic E-state index is 0.0344. The van der Waals surface area contributed by atoms with Crippen molar-refractivity contribution < 1.29 is 28.6 Å². The largest absolute Gasteiger partial charge is 0.493 e. The molecule has 0 saturated carbocycles. The lowest BCUT2D eigenvalue weighted by Gasteiger charge is -2.26. The molecular weight excluding hydrogens is 391 g/mol. The number of carbonyl (C=O) groups is 2. The van der Waals surface area contributed by atoms with Crippen LogP contribution in [0.4, 0.5) is 10.1 Å². The van der Waals surface area contributed by atoms with Gasteiger partial charge in [0, 0.05) is 24.2 Å². The average molecular weight is 410 g/mol. The molecule has 0 saturated heterocycles. The number of nitrogens with one attached hydrogen (secondary N) is 1. The SMILES string of the molecule is COc1ccc(C2CC(=O)Nc3c(C(=O)O)cn(-c4ccc(F)cc4)c32)cc1OC. The van der Waals surface area contributed by atoms with Crippen molar-refractivity contribution in [2.24, 2.45) is 0 Å². The fourth-order valence-corrected chi connectivity index (χ4v) is 3.79. The maximum absolute atomic E-state index is 13.4. The molecule has 30 heavy (non-hydrogen) atoms. The first-order chi connectivity index (χ1) is 14.4. The van der Waals surface area contributed by atoms with E-state index >= 15 is 0 Å². The summed E-state index contributed by atoms with van der Waals surface area (Å²) in [5.74, 6) is -1.25. The van der Waals surface area contributed by atoms with E-state index in [2.05, 4.69) is 5.32 Å². The number of methoxy groups -OCH3 is 2. The number of nitrogens with zero attached hydrogens (tertiary/aromatic N) is 1. The molecule has 1 aliphatic rings. The fraction of sp³-hybridized carbons (Fsp3) is 0.182. The number of rotatable bonds is 5. The van der Waals surface area contributed by atoms with Crippen LogP contribution in [0.1, 0.15) is 34.0 Å². The Morgan fingerprint density at radius 3 is 2.47 bits per heavy atom. The smallest absolute Gasteiger partial charge is 0.339 e. The molecule has 2 aromatic carbocycles. The Morgan fingerprint density at radius 2 is 1.83 bits per heavy atom. The second-order valence-corrected chi connectivity index (χ2v) is 6.87. The average Bonchev–Trinajstić information content (AvgIpc) is 3.12. The van der Waals surface area contributed by atoms with Crippen molar-refractivity contribution in [3.05, 3.63) is 71.3 Å². The number of fused-ring (bicyclic) bond motifs is 1. The van der Waals surface area contributed by atoms with E-state index in [9.17, 15) is 19.1 Å². The van der Waals surface area contributed by atoms with Crippen LogP contribution in [-0.4, -0.2) is 35.8 Å². The zero-order chi connectivity index (χ0) is 21.4. The molecule has 0 fully saturated rings. The van der Waals surface area contributed by atoms with E-state index in [0.29, 0.717) is 22.9 Å². The number of anilines is 1. The van der Waals surface area contributed by atoms with Crippen molar-refractivity contribution in [1.82, 2.24) is 4.57 Å². The summed E-state index contributed by atoms with van der Waals surface area (Å²) in [6.07, 6.45) is 1.56. The van der Waals surface area contributed by atoms with Gasteiger partial charge in [-0.05, 0) is 42.0 Å². The Kier molecular flexibility index (Phi) is 4.91. The van der Waals surface area contributed by atoms with Gasteiger partial charge in [0.05, 0.1) is 25.6 Å². The number of halogens is 1. The lowest BCUT2D eigenvalue weighted by Crippen LogP contribution is -2.25. The summed E-state index contributed by atoms with van der Waals surface area (Å²) in [4.78, 5) is 24.3. The Balaban J connectivity index is 1.94. The second-order valence-electron chi connectivity index (χ2n) is 6.87. The topological polar surface area (TPSA) is 89.8 Å². The van der Waals surface area contributed by atoms with Crippen LogP contribution in [0.2, 0.25) is 0 Å². The molecule has 1 amide bonds. The Hall–Kier alpha value is -3.81. The quantitative estimate of drug-likeness (QED) is 0.668. The zero-order valence-corrected chi connectivity index (χ0v) is 16.3. The first-order valence-corrected chi connectivity index (χ1v) is 9.19. The molecule has 2 N–H and O–H groups in total. The van der Waals surface area contributed by atoms with E-state index < -0.39 is 17.7 Å². The van der Waals surface area contributed by atoms with Crippen LogP contribution in [0.3, 0.4) is 0 Å². The third-order valence-electron chi connectivity index (χ3n) is 5.17. The summed E-state index contributed by atoms with van der Waals surface area (Å²) in [6.45, 7) is 0. The van der Waals surface area contributed by atoms with E-state index in [1.165, 1.54) is 32.5 Å². The molecule has 1 atom stereocenters. The Morgan fingerprint density at radius 1 is 1.13 bits per heavy atom. The standard InChI is InChI=1S/C22H19FN2O5/c1-29-17-8-3-12(9-18(17)30-2)15-10-19(26)24-20-16(22(27)28)11-25(21(15)20)14-6-4-13(23)5-7-14/h3-9,11,15H,10H2,1-2H3,(H,24,26)(H,27,28). The molecule has 0 aliphatic carbocycles. The van der Waals surface area contributed by atoms with Crippen LogP contribution < -0.4 is 14.8 Å². The van der Waals surface area contributed by atoms with Crippen molar-refractivity contribution >= 4 is 17.6 Å². The fourth-order valence-electron chi connectivity index (χ4n) is 3.79. The number of amides is 1. The molecule has 0 bridgehead atoms. The minimum Gasteiger partial charge on any atom is -0.493 e. The number of aromatic carboxylic acids is 1. The molecule has 154 valence electrons. The van der Waals surface area contributed by atoms with Crippen LogP contribution in [0.15, 0.2) is 48.7 Å². The molecule has 1 unspecified atom stereocenters. The maximum Gasteiger partial charge on any atom is 0.339 e. The molecule has 3 aromatic rings. The number of carbonyl (C=O) groups excluding carboxylic acids is 1. The summed E-state index contributed by atoms with van der Waals surface area (Å²) >= 11 is 0. The molecule has 0 radical (unpaired) electrons. The number of benzene rings is 2. The number of ether oxygens (including phenoxy) is 2. The predicted molar refractivity (Wildman–Crippen MR) is 107 cm³/mol. The lowest BCUT2D eigenvalue weighted by atomic mass is 9.88. The number of hydrogen-bond donors (Lipinski definition) is 2. The third-order valence-corrected chi connectivity index (χ3v) is 5.17. The van der Waals surface area contributed by atoms with Crippen LogP contribution in [0, 0.1) is 5.82 Å². The Labute approximate surface area is 171 Å². The summed E-state index contributed by atoms with van der Waals surface area (Å²) < 4.78 is 25.8. The molecule has 1 aliphatic heterocycles. The molecule has 2 heterocycles. The summed E-state index contributed by atoms with van der Waals surface area (Å²) in [6, 6.07) is 11.0. The zero-order valence-electron chi connectivity index (χ0n) is 16.3. The van der Waals surface area contributed by atoms with Gasteiger partial charge in [0.15, 0.2) is 11.5 Å². The van der Waals surface area contributed by atoms with E-state index in [1.54, 1.807) is 28.8 Å². The summed E-state index contributed by atoms with van der Waals surface area (Å²) in [5, 5.41) is 12.4. The summed E-state index contributed by atoms with van der Waals surface area (Å²) in [5.41, 5.74) is 2.16. The lowest BCUT2D eigenvalue weighted by molar-refractivity contribution is -0.116. The Bertz CT molecular complexity index is 1140. The van der Waals surface area contributed by atoms with Gasteiger partial charge in [0.2, 0.25) is 5.91 Å². The van der Waals surface area contributed by atoms with Crippen LogP contribution in [-0.2, 0) is 4.79 Å². The molecule has 1 aromatic heterocycles. The number of aromatic nitrogens is 1. The first-order valence-electron chi connectivity index (χ1n) is 9.19. The van der Waals surface area contributed by atoms with E-state index in [0.717, 1.165) is 5.56 Å². The highest BCUT2D eigenvalue weighted by molar-refractivity contribution is 6.04. The number of carboxylic acid groups (broad SMARTS) is 1. The van der Waals surface area contributed by atoms with Gasteiger partial charge < -0.3 is 24.5 Å². The van der Waals surface area contributed by atoms with Gasteiger partial charge in [0.1, 0.15) is 11.4 Å². The van der Waals surface area contributed by atoms with Crippen molar-refractivity contribution in [3.8, 4) is 17.2 Å². The van der Waals surface area contributed by atoms with Crippen molar-refractivity contribution in [2.45, 2.75) is 12.3 Å². The van der Waals surface area contributed by atoms with Gasteiger partial charge in [0.25, 0.3) is 0 Å². The minimum atomic E-state index is -1.17. The normalized spacial score (nSPS) is 15.3. The summed E-state index contributed by atoms with van der Waals surface area (Å²) in [7, 11) is 3.05. The van der Waals surface area contributed by atoms with Gasteiger partial charge in [-0.15, -0.1) is 0 Å². The monoisotopic (exact) mass is 410 g/mol. The van der Waals surface area contributed by atoms with Gasteiger partial charge in [-0.3, -0.25) is 4.79 Å². The molecular formula is C22H19FN2O5. The van der Waals surface area contributed by atoms with Crippen LogP contribution in [0.25, 0.3) is 5.69 Å². The van der Waals surface area contributed by atoms with Crippen molar-refractivity contribution in [3.63, 3.8) is 0 Å². The molecule has 4 rings (SSSR count). The van der Waals surface area contributed by atoms with Crippen LogP contribution >= 0.6 is 0 Å². The van der Waals surface area contributed by atoms with Gasteiger partial charge in [-0.2, -0.15) is 0 Å². The highest BCUT2D eigenvalue weighted by Gasteiger charge is 2.34. The van der Waals surface area contributed by atoms with Gasteiger partial charge in [-0.25, -0.2) is 9.18 Å². The van der Waals surface area contributed by atoms with Gasteiger partial charge >= 0.3 is 5.97 Å². The van der Waals surface area contributed by atoms with Crippen molar-refractivity contribution in [2.75, 3.05) is 19.5 Å².